The van der Waals surface area contributed by atoms with Crippen molar-refractivity contribution in [1.82, 2.24) is 0 Å². The lowest BCUT2D eigenvalue weighted by molar-refractivity contribution is 0.419. The fourth-order valence-electron chi connectivity index (χ4n) is 2.67. The fourth-order valence-corrected chi connectivity index (χ4v) is 3.05. The zero-order valence-corrected chi connectivity index (χ0v) is 11.8. The summed E-state index contributed by atoms with van der Waals surface area (Å²) in [5, 5.41) is 15.4. The van der Waals surface area contributed by atoms with Crippen LogP contribution in [0.25, 0.3) is 11.0 Å². The molecule has 1 heterocycles. The smallest absolute Gasteiger partial charge is 0.380 e. The molecule has 0 atom stereocenters. The molecule has 0 amide bonds. The molecule has 1 aliphatic carbocycles. The van der Waals surface area contributed by atoms with Gasteiger partial charge in [0.2, 0.25) is 5.75 Å². The zero-order valence-electron chi connectivity index (χ0n) is 11.0. The Hall–Kier alpha value is -2.06. The van der Waals surface area contributed by atoms with Crippen LogP contribution in [0.1, 0.15) is 24.0 Å². The zero-order chi connectivity index (χ0) is 15.2. The number of aromatic hydroxyl groups is 1. The van der Waals surface area contributed by atoms with Crippen LogP contribution < -0.4 is 14.9 Å². The number of rotatable bonds is 2. The summed E-state index contributed by atoms with van der Waals surface area (Å²) in [5.74, 6) is -0.920. The van der Waals surface area contributed by atoms with Gasteiger partial charge in [0.15, 0.2) is 11.3 Å². The molecular weight excluding hydrogens is 298 g/mol. The number of phenolic OH excluding ortho intramolecular Hbond substituents is 1. The van der Waals surface area contributed by atoms with Gasteiger partial charge in [-0.15, -0.1) is 0 Å². The maximum absolute atomic E-state index is 12.0. The Morgan fingerprint density at radius 3 is 2.52 bits per heavy atom. The molecule has 0 bridgehead atoms. The van der Waals surface area contributed by atoms with E-state index in [1.54, 1.807) is 6.07 Å². The molecule has 7 nitrogen and oxygen atoms in total. The van der Waals surface area contributed by atoms with Crippen molar-refractivity contribution in [1.29, 1.82) is 0 Å². The summed E-state index contributed by atoms with van der Waals surface area (Å²) >= 11 is 0. The first-order valence-electron chi connectivity index (χ1n) is 6.39. The van der Waals surface area contributed by atoms with Crippen LogP contribution in [0.15, 0.2) is 21.3 Å². The molecule has 0 fully saturated rings. The van der Waals surface area contributed by atoms with Crippen molar-refractivity contribution in [3.63, 3.8) is 0 Å². The average Bonchev–Trinajstić information content (AvgIpc) is 2.42. The van der Waals surface area contributed by atoms with Crippen LogP contribution in [-0.4, -0.2) is 13.5 Å². The predicted molar refractivity (Wildman–Crippen MR) is 74.5 cm³/mol. The van der Waals surface area contributed by atoms with Crippen molar-refractivity contribution in [3.05, 3.63) is 33.7 Å². The van der Waals surface area contributed by atoms with Gasteiger partial charge in [0, 0.05) is 10.9 Å². The third-order valence-electron chi connectivity index (χ3n) is 3.53. The highest BCUT2D eigenvalue weighted by atomic mass is 32.2. The van der Waals surface area contributed by atoms with Gasteiger partial charge < -0.3 is 13.7 Å². The third kappa shape index (κ3) is 2.47. The molecule has 3 N–H and O–H groups in total. The average molecular weight is 311 g/mol. The van der Waals surface area contributed by atoms with E-state index in [1.807, 2.05) is 0 Å². The van der Waals surface area contributed by atoms with E-state index in [-0.39, 0.29) is 11.3 Å². The van der Waals surface area contributed by atoms with E-state index >= 15 is 0 Å². The topological polar surface area (TPSA) is 120 Å². The first-order valence-corrected chi connectivity index (χ1v) is 7.87. The van der Waals surface area contributed by atoms with E-state index in [9.17, 15) is 18.3 Å². The molecular formula is C13H13NO6S. The Morgan fingerprint density at radius 1 is 1.19 bits per heavy atom. The van der Waals surface area contributed by atoms with Crippen LogP contribution in [0.4, 0.5) is 0 Å². The normalized spacial score (nSPS) is 14.9. The Labute approximate surface area is 120 Å². The Kier molecular flexibility index (Phi) is 3.14. The number of phenols is 1. The Morgan fingerprint density at radius 2 is 1.86 bits per heavy atom. The van der Waals surface area contributed by atoms with Gasteiger partial charge in [0.25, 0.3) is 0 Å². The maximum Gasteiger partial charge on any atom is 0.380 e. The van der Waals surface area contributed by atoms with Crippen molar-refractivity contribution >= 4 is 21.3 Å². The number of benzene rings is 1. The highest BCUT2D eigenvalue weighted by molar-refractivity contribution is 7.84. The lowest BCUT2D eigenvalue weighted by atomic mass is 9.90. The van der Waals surface area contributed by atoms with Gasteiger partial charge >= 0.3 is 15.9 Å². The molecule has 0 saturated heterocycles. The molecule has 0 saturated carbocycles. The lowest BCUT2D eigenvalue weighted by Gasteiger charge is -2.16. The second-order valence-corrected chi connectivity index (χ2v) is 6.07. The molecule has 1 aromatic heterocycles. The Bertz CT molecular complexity index is 884. The van der Waals surface area contributed by atoms with E-state index in [0.717, 1.165) is 18.4 Å². The van der Waals surface area contributed by atoms with Crippen LogP contribution in [0.3, 0.4) is 0 Å². The quantitative estimate of drug-likeness (QED) is 0.797. The molecule has 2 aromatic rings. The van der Waals surface area contributed by atoms with Gasteiger partial charge in [-0.2, -0.15) is 13.6 Å². The summed E-state index contributed by atoms with van der Waals surface area (Å²) < 4.78 is 31.5. The van der Waals surface area contributed by atoms with E-state index in [0.29, 0.717) is 23.8 Å². The van der Waals surface area contributed by atoms with Crippen LogP contribution in [0, 0.1) is 0 Å². The summed E-state index contributed by atoms with van der Waals surface area (Å²) in [7, 11) is -4.28. The molecule has 0 spiro atoms. The molecule has 8 heteroatoms. The molecule has 112 valence electrons. The van der Waals surface area contributed by atoms with Gasteiger partial charge in [-0.1, -0.05) is 0 Å². The summed E-state index contributed by atoms with van der Waals surface area (Å²) in [5.41, 5.74) is 0.861. The lowest BCUT2D eigenvalue weighted by Crippen LogP contribution is -2.19. The standard InChI is InChI=1S/C13H13NO6S/c14-21(17,18)20-10-6-5-8-7-3-1-2-4-9(7)13(16)19-12(8)11(10)15/h5-6,15H,1-4H2,(H2,14,17,18). The summed E-state index contributed by atoms with van der Waals surface area (Å²) in [4.78, 5) is 12.0. The number of hydrogen-bond acceptors (Lipinski definition) is 6. The fraction of sp³-hybridized carbons (Fsp3) is 0.308. The summed E-state index contributed by atoms with van der Waals surface area (Å²) in [6.07, 6.45) is 3.22. The van der Waals surface area contributed by atoms with Gasteiger partial charge in [-0.05, 0) is 43.4 Å². The minimum absolute atomic E-state index is 0.0817. The first kappa shape index (κ1) is 13.9. The maximum atomic E-state index is 12.0. The van der Waals surface area contributed by atoms with Crippen LogP contribution >= 0.6 is 0 Å². The number of hydrogen-bond donors (Lipinski definition) is 2. The van der Waals surface area contributed by atoms with Crippen LogP contribution in [0.2, 0.25) is 0 Å². The minimum atomic E-state index is -4.28. The van der Waals surface area contributed by atoms with Crippen molar-refractivity contribution in [2.24, 2.45) is 5.14 Å². The van der Waals surface area contributed by atoms with E-state index < -0.39 is 21.7 Å². The van der Waals surface area contributed by atoms with Crippen molar-refractivity contribution in [2.45, 2.75) is 25.7 Å². The Balaban J connectivity index is 2.28. The first-order chi connectivity index (χ1) is 9.87. The molecule has 1 aliphatic rings. The molecule has 3 rings (SSSR count). The molecule has 1 aromatic carbocycles. The van der Waals surface area contributed by atoms with Crippen molar-refractivity contribution in [2.75, 3.05) is 0 Å². The van der Waals surface area contributed by atoms with Crippen molar-refractivity contribution in [3.8, 4) is 11.5 Å². The summed E-state index contributed by atoms with van der Waals surface area (Å²) in [6.45, 7) is 0. The number of fused-ring (bicyclic) bond motifs is 3. The summed E-state index contributed by atoms with van der Waals surface area (Å²) in [6, 6.07) is 2.85. The third-order valence-corrected chi connectivity index (χ3v) is 3.95. The predicted octanol–water partition coefficient (Wildman–Crippen LogP) is 0.960. The van der Waals surface area contributed by atoms with Crippen LogP contribution in [0.5, 0.6) is 11.5 Å². The van der Waals surface area contributed by atoms with E-state index in [2.05, 4.69) is 4.18 Å². The van der Waals surface area contributed by atoms with Gasteiger partial charge in [0.05, 0.1) is 0 Å². The van der Waals surface area contributed by atoms with Crippen molar-refractivity contribution < 1.29 is 22.1 Å². The molecule has 0 radical (unpaired) electrons. The minimum Gasteiger partial charge on any atom is -0.502 e. The van der Waals surface area contributed by atoms with E-state index in [4.69, 9.17) is 9.56 Å². The molecule has 0 unspecified atom stereocenters. The van der Waals surface area contributed by atoms with E-state index in [1.165, 1.54) is 6.07 Å². The largest absolute Gasteiger partial charge is 0.502 e. The second kappa shape index (κ2) is 4.74. The second-order valence-electron chi connectivity index (χ2n) is 4.92. The van der Waals surface area contributed by atoms with Gasteiger partial charge in [0.1, 0.15) is 0 Å². The number of nitrogens with two attached hydrogens (primary N) is 1. The molecule has 0 aliphatic heterocycles. The monoisotopic (exact) mass is 311 g/mol. The number of aryl methyl sites for hydroxylation is 1. The molecule has 21 heavy (non-hydrogen) atoms. The highest BCUT2D eigenvalue weighted by Crippen LogP contribution is 2.37. The van der Waals surface area contributed by atoms with Gasteiger partial charge in [-0.25, -0.2) is 4.79 Å². The van der Waals surface area contributed by atoms with Gasteiger partial charge in [-0.3, -0.25) is 0 Å². The SMILES string of the molecule is NS(=O)(=O)Oc1ccc2c3c(c(=O)oc2c1O)CCCC3. The highest BCUT2D eigenvalue weighted by Gasteiger charge is 2.22. The van der Waals surface area contributed by atoms with Crippen LogP contribution in [-0.2, 0) is 23.1 Å².